The van der Waals surface area contributed by atoms with Gasteiger partial charge in [-0.15, -0.1) is 11.8 Å². The number of nitrogens with one attached hydrogen (secondary N) is 2. The van der Waals surface area contributed by atoms with E-state index in [1.165, 1.54) is 16.3 Å². The van der Waals surface area contributed by atoms with Crippen LogP contribution in [0, 0.1) is 10.8 Å². The predicted molar refractivity (Wildman–Crippen MR) is 96.6 cm³/mol. The molecule has 2 heterocycles. The van der Waals surface area contributed by atoms with Crippen molar-refractivity contribution in [3.05, 3.63) is 58.5 Å². The lowest BCUT2D eigenvalue weighted by molar-refractivity contribution is -0.664. The summed E-state index contributed by atoms with van der Waals surface area (Å²) in [5.41, 5.74) is 1.68. The van der Waals surface area contributed by atoms with E-state index in [0.29, 0.717) is 17.1 Å². The molecule has 0 unspecified atom stereocenters. The largest absolute Gasteiger partial charge is 0.460 e. The Balaban J connectivity index is 2.33. The van der Waals surface area contributed by atoms with Gasteiger partial charge in [0.05, 0.1) is 23.3 Å². The second-order valence-corrected chi connectivity index (χ2v) is 6.27. The van der Waals surface area contributed by atoms with Crippen molar-refractivity contribution < 1.29 is 14.1 Å². The van der Waals surface area contributed by atoms with Gasteiger partial charge in [0.15, 0.2) is 0 Å². The van der Waals surface area contributed by atoms with Crippen molar-refractivity contribution in [3.63, 3.8) is 0 Å². The second-order valence-electron chi connectivity index (χ2n) is 5.46. The zero-order chi connectivity index (χ0) is 18.7. The van der Waals surface area contributed by atoms with Gasteiger partial charge < -0.3 is 4.74 Å². The summed E-state index contributed by atoms with van der Waals surface area (Å²) in [5.74, 6) is 1.77. The average molecular weight is 368 g/mol. The molecular weight excluding hydrogens is 350 g/mol. The number of carbonyl (C=O) groups is 1. The third-order valence-electron chi connectivity index (χ3n) is 3.90. The molecule has 3 rings (SSSR count). The van der Waals surface area contributed by atoms with Gasteiger partial charge >= 0.3 is 5.97 Å². The zero-order valence-electron chi connectivity index (χ0n) is 14.4. The highest BCUT2D eigenvalue weighted by molar-refractivity contribution is 7.98. The molecule has 2 N–H and O–H groups in total. The van der Waals surface area contributed by atoms with Gasteiger partial charge in [0, 0.05) is 5.10 Å². The lowest BCUT2D eigenvalue weighted by Crippen LogP contribution is -2.43. The molecule has 26 heavy (non-hydrogen) atoms. The SMILES string of the molecule is CCOC(=O)c1c(SC)c(=C=N)c(=N)c2n1nc[n+]2Cc1ccccc1. The molecule has 8 heteroatoms. The smallest absolute Gasteiger partial charge is 0.375 e. The van der Waals surface area contributed by atoms with E-state index in [4.69, 9.17) is 15.6 Å². The van der Waals surface area contributed by atoms with Gasteiger partial charge in [-0.3, -0.25) is 10.8 Å². The summed E-state index contributed by atoms with van der Waals surface area (Å²) in [4.78, 5) is 13.0. The van der Waals surface area contributed by atoms with Gasteiger partial charge in [-0.25, -0.2) is 9.36 Å². The summed E-state index contributed by atoms with van der Waals surface area (Å²) in [6, 6.07) is 9.77. The van der Waals surface area contributed by atoms with E-state index in [0.717, 1.165) is 5.56 Å². The van der Waals surface area contributed by atoms with Crippen LogP contribution >= 0.6 is 11.8 Å². The minimum absolute atomic E-state index is 0.103. The maximum absolute atomic E-state index is 12.5. The quantitative estimate of drug-likeness (QED) is 0.300. The first-order chi connectivity index (χ1) is 12.6. The Morgan fingerprint density at radius 1 is 1.38 bits per heavy atom. The molecule has 0 amide bonds. The molecule has 0 saturated carbocycles. The Bertz CT molecular complexity index is 1100. The van der Waals surface area contributed by atoms with Crippen LogP contribution < -0.4 is 15.1 Å². The molecular formula is C18H18N5O2S+. The van der Waals surface area contributed by atoms with E-state index < -0.39 is 5.97 Å². The fraction of sp³-hybridized carbons (Fsp3) is 0.222. The van der Waals surface area contributed by atoms with Crippen LogP contribution in [0.5, 0.6) is 0 Å². The van der Waals surface area contributed by atoms with Crippen molar-refractivity contribution in [2.45, 2.75) is 18.4 Å². The highest BCUT2D eigenvalue weighted by atomic mass is 32.2. The van der Waals surface area contributed by atoms with E-state index in [1.54, 1.807) is 24.1 Å². The van der Waals surface area contributed by atoms with Crippen molar-refractivity contribution >= 4 is 29.2 Å². The highest BCUT2D eigenvalue weighted by Gasteiger charge is 2.28. The molecule has 3 aromatic rings. The summed E-state index contributed by atoms with van der Waals surface area (Å²) in [6.45, 7) is 2.45. The first kappa shape index (κ1) is 17.8. The maximum atomic E-state index is 12.5. The molecule has 7 nitrogen and oxygen atoms in total. The third kappa shape index (κ3) is 3.00. The van der Waals surface area contributed by atoms with Crippen LogP contribution in [0.3, 0.4) is 0 Å². The second kappa shape index (κ2) is 7.51. The number of esters is 1. The van der Waals surface area contributed by atoms with E-state index in [1.807, 2.05) is 30.3 Å². The van der Waals surface area contributed by atoms with Gasteiger partial charge in [-0.05, 0) is 24.6 Å². The summed E-state index contributed by atoms with van der Waals surface area (Å²) in [5, 5.41) is 20.8. The lowest BCUT2D eigenvalue weighted by atomic mass is 10.2. The summed E-state index contributed by atoms with van der Waals surface area (Å²) < 4.78 is 8.38. The van der Waals surface area contributed by atoms with Crippen molar-refractivity contribution in [1.82, 2.24) is 9.61 Å². The van der Waals surface area contributed by atoms with Crippen LogP contribution in [0.2, 0.25) is 0 Å². The molecule has 0 radical (unpaired) electrons. The van der Waals surface area contributed by atoms with Crippen LogP contribution in [0.15, 0.2) is 41.6 Å². The number of ether oxygens (including phenoxy) is 1. The minimum Gasteiger partial charge on any atom is -0.460 e. The summed E-state index contributed by atoms with van der Waals surface area (Å²) in [6.07, 6.45) is 3.37. The number of hydrogen-bond donors (Lipinski definition) is 2. The fourth-order valence-electron chi connectivity index (χ4n) is 2.79. The molecule has 0 atom stereocenters. The van der Waals surface area contributed by atoms with Gasteiger partial charge in [-0.1, -0.05) is 34.8 Å². The van der Waals surface area contributed by atoms with Crippen molar-refractivity contribution in [3.8, 4) is 0 Å². The van der Waals surface area contributed by atoms with Crippen LogP contribution in [0.1, 0.15) is 23.0 Å². The molecule has 0 aliphatic carbocycles. The normalized spacial score (nSPS) is 10.7. The van der Waals surface area contributed by atoms with Crippen molar-refractivity contribution in [2.75, 3.05) is 12.9 Å². The van der Waals surface area contributed by atoms with Gasteiger partial charge in [-0.2, -0.15) is 0 Å². The van der Waals surface area contributed by atoms with Gasteiger partial charge in [0.25, 0.3) is 12.0 Å². The predicted octanol–water partition coefficient (Wildman–Crippen LogP) is 0.687. The number of carbonyl (C=O) groups excluding carboxylic acids is 1. The number of rotatable bonds is 5. The van der Waals surface area contributed by atoms with Gasteiger partial charge in [0.1, 0.15) is 5.36 Å². The van der Waals surface area contributed by atoms with Crippen LogP contribution in [-0.2, 0) is 11.3 Å². The van der Waals surface area contributed by atoms with Crippen LogP contribution in [0.4, 0.5) is 0 Å². The van der Waals surface area contributed by atoms with Crippen LogP contribution in [-0.4, -0.2) is 34.3 Å². The lowest BCUT2D eigenvalue weighted by Gasteiger charge is -2.06. The number of thioether (sulfide) groups is 1. The number of hydrogen-bond acceptors (Lipinski definition) is 6. The highest BCUT2D eigenvalue weighted by Crippen LogP contribution is 2.16. The summed E-state index contributed by atoms with van der Waals surface area (Å²) >= 11 is 1.27. The monoisotopic (exact) mass is 368 g/mol. The molecule has 0 aliphatic rings. The fourth-order valence-corrected chi connectivity index (χ4v) is 3.51. The first-order valence-electron chi connectivity index (χ1n) is 7.98. The number of nitrogens with zero attached hydrogens (tertiary/aromatic N) is 3. The van der Waals surface area contributed by atoms with E-state index >= 15 is 0 Å². The Morgan fingerprint density at radius 3 is 2.73 bits per heavy atom. The molecule has 0 aliphatic heterocycles. The molecule has 0 saturated heterocycles. The molecule has 0 spiro atoms. The third-order valence-corrected chi connectivity index (χ3v) is 4.71. The Hall–Kier alpha value is -2.96. The van der Waals surface area contributed by atoms with Crippen molar-refractivity contribution in [2.24, 2.45) is 0 Å². The van der Waals surface area contributed by atoms with Gasteiger partial charge in [0.2, 0.25) is 5.69 Å². The Morgan fingerprint density at radius 2 is 2.12 bits per heavy atom. The number of pyridine rings is 1. The van der Waals surface area contributed by atoms with E-state index in [9.17, 15) is 4.79 Å². The van der Waals surface area contributed by atoms with Crippen LogP contribution in [0.25, 0.3) is 5.65 Å². The standard InChI is InChI=1S/C18H18N5O2S/c1-3-25-18(24)15-16(26-2)13(9-19)14(20)17-22(11-21-23(15)17)10-12-7-5-4-6-8-12/h4-8,11,19-20H,3,10H2,1-2H3/q+1. The molecule has 0 fully saturated rings. The minimum atomic E-state index is -0.534. The number of aromatic nitrogens is 3. The number of fused-ring (bicyclic) bond motifs is 1. The maximum Gasteiger partial charge on any atom is 0.375 e. The number of benzene rings is 1. The van der Waals surface area contributed by atoms with E-state index in [2.05, 4.69) is 11.0 Å². The zero-order valence-corrected chi connectivity index (χ0v) is 15.3. The first-order valence-corrected chi connectivity index (χ1v) is 9.21. The molecule has 132 valence electrons. The Labute approximate surface area is 153 Å². The van der Waals surface area contributed by atoms with Crippen molar-refractivity contribution in [1.29, 1.82) is 10.8 Å². The topological polar surface area (TPSA) is 95.2 Å². The summed E-state index contributed by atoms with van der Waals surface area (Å²) in [7, 11) is 0. The average Bonchev–Trinajstić information content (AvgIpc) is 3.06. The molecule has 1 aromatic carbocycles. The molecule has 0 bridgehead atoms. The Kier molecular flexibility index (Phi) is 5.16. The molecule has 2 aromatic heterocycles. The van der Waals surface area contributed by atoms with E-state index in [-0.39, 0.29) is 22.9 Å².